The molecule has 0 bridgehead atoms. The van der Waals surface area contributed by atoms with E-state index in [9.17, 15) is 0 Å². The molecular weight excluding hydrogens is 457 g/mol. The number of nitrogens with zero attached hydrogens (tertiary/aromatic N) is 1. The topological polar surface area (TPSA) is 68.0 Å². The summed E-state index contributed by atoms with van der Waals surface area (Å²) < 4.78 is 16.0. The molecule has 0 saturated carbocycles. The van der Waals surface area contributed by atoms with Crippen molar-refractivity contribution >= 4 is 29.9 Å². The quantitative estimate of drug-likeness (QED) is 0.220. The number of ether oxygens (including phenoxy) is 2. The first kappa shape index (κ1) is 23.3. The first-order valence-electron chi connectivity index (χ1n) is 9.07. The van der Waals surface area contributed by atoms with Gasteiger partial charge in [0.25, 0.3) is 0 Å². The highest BCUT2D eigenvalue weighted by molar-refractivity contribution is 14.0. The number of halogens is 1. The van der Waals surface area contributed by atoms with Gasteiger partial charge in [0, 0.05) is 26.2 Å². The van der Waals surface area contributed by atoms with Crippen LogP contribution in [0.15, 0.2) is 52.1 Å². The number of furan rings is 1. The SMILES string of the molecule is CCNC(=NCCCOCc1ccco1)NCCc1ccc(OC)cc1.I. The fourth-order valence-corrected chi connectivity index (χ4v) is 2.38. The maximum atomic E-state index is 5.56. The van der Waals surface area contributed by atoms with Gasteiger partial charge < -0.3 is 24.5 Å². The highest BCUT2D eigenvalue weighted by Crippen LogP contribution is 2.11. The van der Waals surface area contributed by atoms with Crippen molar-refractivity contribution in [3.8, 4) is 5.75 Å². The van der Waals surface area contributed by atoms with E-state index in [1.807, 2.05) is 24.3 Å². The van der Waals surface area contributed by atoms with Gasteiger partial charge in [0.2, 0.25) is 0 Å². The predicted octanol–water partition coefficient (Wildman–Crippen LogP) is 3.61. The van der Waals surface area contributed by atoms with Gasteiger partial charge in [-0.2, -0.15) is 0 Å². The van der Waals surface area contributed by atoms with Gasteiger partial charge in [-0.05, 0) is 49.6 Å². The van der Waals surface area contributed by atoms with E-state index in [1.54, 1.807) is 13.4 Å². The number of rotatable bonds is 11. The van der Waals surface area contributed by atoms with Crippen LogP contribution in [0.5, 0.6) is 5.75 Å². The van der Waals surface area contributed by atoms with Crippen molar-refractivity contribution in [2.24, 2.45) is 4.99 Å². The third-order valence-corrected chi connectivity index (χ3v) is 3.75. The minimum atomic E-state index is 0. The standard InChI is InChI=1S/C20H29N3O3.HI/c1-3-21-20(22-12-5-14-25-16-19-6-4-15-26-19)23-13-11-17-7-9-18(24-2)10-8-17;/h4,6-10,15H,3,5,11-14,16H2,1-2H3,(H2,21,22,23);1H. The zero-order chi connectivity index (χ0) is 18.5. The Hall–Kier alpha value is -1.74. The Kier molecular flexibility index (Phi) is 12.4. The number of hydrogen-bond donors (Lipinski definition) is 2. The first-order chi connectivity index (χ1) is 12.8. The highest BCUT2D eigenvalue weighted by atomic mass is 127. The van der Waals surface area contributed by atoms with E-state index in [4.69, 9.17) is 13.9 Å². The number of guanidine groups is 1. The van der Waals surface area contributed by atoms with Crippen LogP contribution in [0.2, 0.25) is 0 Å². The van der Waals surface area contributed by atoms with Crippen LogP contribution >= 0.6 is 24.0 Å². The van der Waals surface area contributed by atoms with Gasteiger partial charge in [0.05, 0.1) is 13.4 Å². The lowest BCUT2D eigenvalue weighted by molar-refractivity contribution is 0.105. The average Bonchev–Trinajstić information content (AvgIpc) is 3.18. The second-order valence-corrected chi connectivity index (χ2v) is 5.77. The number of aliphatic imine (C=N–C) groups is 1. The number of hydrogen-bond acceptors (Lipinski definition) is 4. The van der Waals surface area contributed by atoms with Crippen LogP contribution in [0.25, 0.3) is 0 Å². The summed E-state index contributed by atoms with van der Waals surface area (Å²) in [5, 5.41) is 6.63. The molecule has 0 aliphatic heterocycles. The van der Waals surface area contributed by atoms with Crippen LogP contribution in [0, 0.1) is 0 Å². The molecule has 2 rings (SSSR count). The average molecular weight is 487 g/mol. The Bertz CT molecular complexity index is 630. The summed E-state index contributed by atoms with van der Waals surface area (Å²) in [6, 6.07) is 11.9. The minimum Gasteiger partial charge on any atom is -0.497 e. The van der Waals surface area contributed by atoms with Crippen molar-refractivity contribution < 1.29 is 13.9 Å². The lowest BCUT2D eigenvalue weighted by Crippen LogP contribution is -2.38. The Morgan fingerprint density at radius 1 is 1.15 bits per heavy atom. The summed E-state index contributed by atoms with van der Waals surface area (Å²) in [4.78, 5) is 4.58. The monoisotopic (exact) mass is 487 g/mol. The molecule has 1 heterocycles. The van der Waals surface area contributed by atoms with Gasteiger partial charge >= 0.3 is 0 Å². The summed E-state index contributed by atoms with van der Waals surface area (Å²) in [5.41, 5.74) is 1.26. The van der Waals surface area contributed by atoms with Crippen LogP contribution in [0.3, 0.4) is 0 Å². The van der Waals surface area contributed by atoms with E-state index in [-0.39, 0.29) is 24.0 Å². The van der Waals surface area contributed by atoms with E-state index < -0.39 is 0 Å². The van der Waals surface area contributed by atoms with Gasteiger partial charge in [-0.15, -0.1) is 24.0 Å². The second-order valence-electron chi connectivity index (χ2n) is 5.77. The van der Waals surface area contributed by atoms with Crippen molar-refractivity contribution in [2.75, 3.05) is 33.4 Å². The van der Waals surface area contributed by atoms with Crippen molar-refractivity contribution in [3.63, 3.8) is 0 Å². The van der Waals surface area contributed by atoms with Gasteiger partial charge in [0.1, 0.15) is 18.1 Å². The molecule has 0 spiro atoms. The van der Waals surface area contributed by atoms with Crippen LogP contribution in [-0.2, 0) is 17.8 Å². The van der Waals surface area contributed by atoms with Crippen molar-refractivity contribution in [1.29, 1.82) is 0 Å². The molecule has 150 valence electrons. The summed E-state index contributed by atoms with van der Waals surface area (Å²) in [6.45, 7) is 5.62. The molecule has 1 aromatic heterocycles. The number of benzene rings is 1. The number of nitrogens with one attached hydrogen (secondary N) is 2. The summed E-state index contributed by atoms with van der Waals surface area (Å²) in [7, 11) is 1.68. The predicted molar refractivity (Wildman–Crippen MR) is 119 cm³/mol. The Balaban J connectivity index is 0.00000364. The molecule has 0 unspecified atom stereocenters. The van der Waals surface area contributed by atoms with E-state index in [2.05, 4.69) is 34.7 Å². The smallest absolute Gasteiger partial charge is 0.191 e. The molecule has 0 aliphatic carbocycles. The Labute approximate surface area is 178 Å². The van der Waals surface area contributed by atoms with Crippen molar-refractivity contribution in [2.45, 2.75) is 26.4 Å². The summed E-state index contributed by atoms with van der Waals surface area (Å²) in [6.07, 6.45) is 3.46. The van der Waals surface area contributed by atoms with Crippen LogP contribution in [0.1, 0.15) is 24.7 Å². The maximum Gasteiger partial charge on any atom is 0.191 e. The van der Waals surface area contributed by atoms with Gasteiger partial charge in [-0.3, -0.25) is 4.99 Å². The molecular formula is C20H30IN3O3. The first-order valence-corrected chi connectivity index (χ1v) is 9.07. The molecule has 27 heavy (non-hydrogen) atoms. The molecule has 7 heteroatoms. The van der Waals surface area contributed by atoms with Gasteiger partial charge in [-0.1, -0.05) is 12.1 Å². The molecule has 0 amide bonds. The molecule has 0 aliphatic rings. The maximum absolute atomic E-state index is 5.56. The second kappa shape index (κ2) is 14.3. The van der Waals surface area contributed by atoms with E-state index >= 15 is 0 Å². The normalized spacial score (nSPS) is 11.0. The third kappa shape index (κ3) is 9.67. The Morgan fingerprint density at radius 2 is 1.96 bits per heavy atom. The lowest BCUT2D eigenvalue weighted by Gasteiger charge is -2.11. The van der Waals surface area contributed by atoms with E-state index in [0.717, 1.165) is 49.9 Å². The molecule has 0 atom stereocenters. The minimum absolute atomic E-state index is 0. The third-order valence-electron chi connectivity index (χ3n) is 3.75. The van der Waals surface area contributed by atoms with Gasteiger partial charge in [0.15, 0.2) is 5.96 Å². The van der Waals surface area contributed by atoms with Crippen molar-refractivity contribution in [1.82, 2.24) is 10.6 Å². The molecule has 0 saturated heterocycles. The number of methoxy groups -OCH3 is 1. The Morgan fingerprint density at radius 3 is 2.63 bits per heavy atom. The van der Waals surface area contributed by atoms with E-state index in [0.29, 0.717) is 13.2 Å². The van der Waals surface area contributed by atoms with Crippen LogP contribution in [0.4, 0.5) is 0 Å². The zero-order valence-electron chi connectivity index (χ0n) is 16.1. The summed E-state index contributed by atoms with van der Waals surface area (Å²) >= 11 is 0. The lowest BCUT2D eigenvalue weighted by atomic mass is 10.1. The van der Waals surface area contributed by atoms with Gasteiger partial charge in [-0.25, -0.2) is 0 Å². The highest BCUT2D eigenvalue weighted by Gasteiger charge is 1.99. The molecule has 1 aromatic carbocycles. The zero-order valence-corrected chi connectivity index (χ0v) is 18.4. The molecule has 6 nitrogen and oxygen atoms in total. The van der Waals surface area contributed by atoms with Crippen molar-refractivity contribution in [3.05, 3.63) is 54.0 Å². The molecule has 0 radical (unpaired) electrons. The summed E-state index contributed by atoms with van der Waals surface area (Å²) in [5.74, 6) is 2.57. The molecule has 2 N–H and O–H groups in total. The largest absolute Gasteiger partial charge is 0.497 e. The fraction of sp³-hybridized carbons (Fsp3) is 0.450. The fourth-order valence-electron chi connectivity index (χ4n) is 2.38. The molecule has 0 fully saturated rings. The van der Waals surface area contributed by atoms with Crippen LogP contribution in [-0.4, -0.2) is 39.3 Å². The van der Waals surface area contributed by atoms with E-state index in [1.165, 1.54) is 5.56 Å². The molecule has 2 aromatic rings. The van der Waals surface area contributed by atoms with Crippen LogP contribution < -0.4 is 15.4 Å².